The molecule has 0 saturated carbocycles. The Morgan fingerprint density at radius 2 is 1.85 bits per heavy atom. The third-order valence-electron chi connectivity index (χ3n) is 4.76. The number of Topliss-reactive ketones (excluding diaryl/α,β-unsaturated/α-hetero) is 1. The van der Waals surface area contributed by atoms with Crippen LogP contribution in [-0.4, -0.2) is 17.2 Å². The van der Waals surface area contributed by atoms with Crippen molar-refractivity contribution in [2.45, 2.75) is 41.7 Å². The summed E-state index contributed by atoms with van der Waals surface area (Å²) in [5.74, 6) is -5.26. The fourth-order valence-electron chi connectivity index (χ4n) is 3.63. The first-order valence-corrected chi connectivity index (χ1v) is 9.06. The van der Waals surface area contributed by atoms with E-state index in [0.29, 0.717) is 6.42 Å². The van der Waals surface area contributed by atoms with Gasteiger partial charge in [-0.2, -0.15) is 22.0 Å². The number of halogens is 5. The molecule has 0 aromatic heterocycles. The lowest BCUT2D eigenvalue weighted by molar-refractivity contribution is -0.0328. The standard InChI is InChI=1S/C19H13F5O2S/c20-18(21)9-12-14(26-13-6-5-10-3-1-2-4-11(10)13)7-8-15(16(12)17(18)25)27-19(22,23)24/h1-4,7-8,13H,5-6,9H2. The Labute approximate surface area is 155 Å². The van der Waals surface area contributed by atoms with E-state index in [4.69, 9.17) is 4.74 Å². The number of aryl methyl sites for hydroxylation is 1. The second-order valence-electron chi connectivity index (χ2n) is 6.52. The first kappa shape index (κ1) is 18.3. The first-order valence-electron chi connectivity index (χ1n) is 8.24. The summed E-state index contributed by atoms with van der Waals surface area (Å²) < 4.78 is 72.1. The van der Waals surface area contributed by atoms with Crippen LogP contribution in [0.2, 0.25) is 0 Å². The van der Waals surface area contributed by atoms with Gasteiger partial charge in [0, 0.05) is 22.4 Å². The van der Waals surface area contributed by atoms with E-state index in [1.807, 2.05) is 24.3 Å². The second-order valence-corrected chi connectivity index (χ2v) is 7.62. The maximum absolute atomic E-state index is 14.0. The first-order chi connectivity index (χ1) is 12.7. The summed E-state index contributed by atoms with van der Waals surface area (Å²) in [4.78, 5) is 11.5. The van der Waals surface area contributed by atoms with E-state index in [1.165, 1.54) is 6.07 Å². The molecule has 0 amide bonds. The average molecular weight is 400 g/mol. The number of ketones is 1. The number of fused-ring (bicyclic) bond motifs is 2. The Kier molecular flexibility index (Phi) is 4.21. The number of hydrogen-bond acceptors (Lipinski definition) is 3. The van der Waals surface area contributed by atoms with Crippen LogP contribution in [0.15, 0.2) is 41.3 Å². The molecule has 8 heteroatoms. The lowest BCUT2D eigenvalue weighted by atomic mass is 10.1. The molecule has 2 nitrogen and oxygen atoms in total. The van der Waals surface area contributed by atoms with Crippen molar-refractivity contribution >= 4 is 17.5 Å². The number of carbonyl (C=O) groups is 1. The van der Waals surface area contributed by atoms with Crippen molar-refractivity contribution in [1.29, 1.82) is 0 Å². The number of hydrogen-bond donors (Lipinski definition) is 0. The van der Waals surface area contributed by atoms with Crippen LogP contribution in [0.25, 0.3) is 0 Å². The number of benzene rings is 2. The SMILES string of the molecule is O=C1c2c(SC(F)(F)F)ccc(OC3CCc4ccccc43)c2CC1(F)F. The molecule has 1 unspecified atom stereocenters. The fraction of sp³-hybridized carbons (Fsp3) is 0.316. The molecule has 0 aliphatic heterocycles. The molecule has 27 heavy (non-hydrogen) atoms. The van der Waals surface area contributed by atoms with Gasteiger partial charge in [0.2, 0.25) is 5.78 Å². The zero-order valence-corrected chi connectivity index (χ0v) is 14.6. The number of rotatable bonds is 3. The van der Waals surface area contributed by atoms with Crippen molar-refractivity contribution in [1.82, 2.24) is 0 Å². The van der Waals surface area contributed by atoms with Gasteiger partial charge in [-0.15, -0.1) is 0 Å². The van der Waals surface area contributed by atoms with Crippen molar-refractivity contribution in [3.63, 3.8) is 0 Å². The predicted molar refractivity (Wildman–Crippen MR) is 89.5 cm³/mol. The molecule has 0 spiro atoms. The number of thioether (sulfide) groups is 1. The van der Waals surface area contributed by atoms with E-state index in [1.54, 1.807) is 0 Å². The zero-order chi connectivity index (χ0) is 19.4. The molecule has 0 N–H and O–H groups in total. The van der Waals surface area contributed by atoms with Crippen molar-refractivity contribution < 1.29 is 31.5 Å². The number of ether oxygens (including phenoxy) is 1. The maximum atomic E-state index is 14.0. The molecule has 2 aromatic rings. The van der Waals surface area contributed by atoms with Crippen LogP contribution < -0.4 is 4.74 Å². The van der Waals surface area contributed by atoms with Gasteiger partial charge in [-0.05, 0) is 47.9 Å². The number of carbonyl (C=O) groups excluding carboxylic acids is 1. The molecule has 4 rings (SSSR count). The summed E-state index contributed by atoms with van der Waals surface area (Å²) in [6.45, 7) is 0. The van der Waals surface area contributed by atoms with Crippen LogP contribution in [0.3, 0.4) is 0 Å². The lowest BCUT2D eigenvalue weighted by Crippen LogP contribution is -2.24. The van der Waals surface area contributed by atoms with Crippen LogP contribution in [0.1, 0.15) is 39.6 Å². The Bertz CT molecular complexity index is 923. The maximum Gasteiger partial charge on any atom is 0.446 e. The second kappa shape index (κ2) is 6.22. The summed E-state index contributed by atoms with van der Waals surface area (Å²) in [6, 6.07) is 9.84. The molecule has 0 bridgehead atoms. The fourth-order valence-corrected chi connectivity index (χ4v) is 4.33. The van der Waals surface area contributed by atoms with Crippen molar-refractivity contribution in [2.24, 2.45) is 0 Å². The van der Waals surface area contributed by atoms with Crippen LogP contribution >= 0.6 is 11.8 Å². The average Bonchev–Trinajstić information content (AvgIpc) is 3.08. The molecule has 0 heterocycles. The van der Waals surface area contributed by atoms with E-state index in [0.717, 1.165) is 23.6 Å². The highest BCUT2D eigenvalue weighted by molar-refractivity contribution is 8.00. The summed E-state index contributed by atoms with van der Waals surface area (Å²) in [5.41, 5.74) is -3.39. The molecular formula is C19H13F5O2S. The van der Waals surface area contributed by atoms with Crippen molar-refractivity contribution in [3.05, 3.63) is 58.7 Å². The highest BCUT2D eigenvalue weighted by Gasteiger charge is 2.50. The Morgan fingerprint density at radius 3 is 2.59 bits per heavy atom. The van der Waals surface area contributed by atoms with E-state index in [9.17, 15) is 26.7 Å². The normalized spacial score (nSPS) is 20.5. The predicted octanol–water partition coefficient (Wildman–Crippen LogP) is 5.74. The van der Waals surface area contributed by atoms with E-state index in [-0.39, 0.29) is 17.4 Å². The molecule has 142 valence electrons. The summed E-state index contributed by atoms with van der Waals surface area (Å²) in [5, 5.41) is 0. The van der Waals surface area contributed by atoms with Gasteiger partial charge in [-0.3, -0.25) is 4.79 Å². The third-order valence-corrected chi connectivity index (χ3v) is 5.55. The van der Waals surface area contributed by atoms with E-state index < -0.39 is 45.9 Å². The molecular weight excluding hydrogens is 387 g/mol. The highest BCUT2D eigenvalue weighted by Crippen LogP contribution is 2.48. The lowest BCUT2D eigenvalue weighted by Gasteiger charge is -2.18. The quantitative estimate of drug-likeness (QED) is 0.486. The number of alkyl halides is 5. The monoisotopic (exact) mass is 400 g/mol. The Morgan fingerprint density at radius 1 is 1.11 bits per heavy atom. The van der Waals surface area contributed by atoms with Gasteiger partial charge in [0.1, 0.15) is 11.9 Å². The minimum Gasteiger partial charge on any atom is -0.485 e. The smallest absolute Gasteiger partial charge is 0.446 e. The van der Waals surface area contributed by atoms with Crippen molar-refractivity contribution in [2.75, 3.05) is 0 Å². The molecule has 2 aliphatic carbocycles. The van der Waals surface area contributed by atoms with Gasteiger partial charge >= 0.3 is 11.4 Å². The van der Waals surface area contributed by atoms with Gasteiger partial charge in [0.25, 0.3) is 0 Å². The molecule has 0 radical (unpaired) electrons. The minimum atomic E-state index is -4.68. The molecule has 2 aromatic carbocycles. The summed E-state index contributed by atoms with van der Waals surface area (Å²) >= 11 is -0.559. The topological polar surface area (TPSA) is 26.3 Å². The van der Waals surface area contributed by atoms with E-state index in [2.05, 4.69) is 0 Å². The summed E-state index contributed by atoms with van der Waals surface area (Å²) in [7, 11) is 0. The largest absolute Gasteiger partial charge is 0.485 e. The van der Waals surface area contributed by atoms with Crippen LogP contribution in [0.4, 0.5) is 22.0 Å². The molecule has 0 fully saturated rings. The van der Waals surface area contributed by atoms with Gasteiger partial charge < -0.3 is 4.74 Å². The van der Waals surface area contributed by atoms with Crippen LogP contribution in [-0.2, 0) is 12.8 Å². The Balaban J connectivity index is 1.73. The summed E-state index contributed by atoms with van der Waals surface area (Å²) in [6.07, 6.45) is 0.0742. The van der Waals surface area contributed by atoms with Gasteiger partial charge in [-0.25, -0.2) is 0 Å². The highest BCUT2D eigenvalue weighted by atomic mass is 32.2. The van der Waals surface area contributed by atoms with E-state index >= 15 is 0 Å². The third kappa shape index (κ3) is 3.31. The van der Waals surface area contributed by atoms with Gasteiger partial charge in [-0.1, -0.05) is 24.3 Å². The zero-order valence-electron chi connectivity index (χ0n) is 13.8. The molecule has 0 saturated heterocycles. The van der Waals surface area contributed by atoms with Gasteiger partial charge in [0.05, 0.1) is 0 Å². The minimum absolute atomic E-state index is 0.0451. The Hall–Kier alpha value is -2.09. The molecule has 2 aliphatic rings. The van der Waals surface area contributed by atoms with Gasteiger partial charge in [0.15, 0.2) is 0 Å². The molecule has 1 atom stereocenters. The van der Waals surface area contributed by atoms with Crippen LogP contribution in [0.5, 0.6) is 5.75 Å². The van der Waals surface area contributed by atoms with Crippen LogP contribution in [0, 0.1) is 0 Å². The van der Waals surface area contributed by atoms with Crippen molar-refractivity contribution in [3.8, 4) is 5.75 Å².